The van der Waals surface area contributed by atoms with Crippen LogP contribution in [0.25, 0.3) is 11.3 Å². The van der Waals surface area contributed by atoms with Gasteiger partial charge in [0.2, 0.25) is 11.9 Å². The quantitative estimate of drug-likeness (QED) is 0.410. The number of aromatic nitrogens is 2. The van der Waals surface area contributed by atoms with Crippen molar-refractivity contribution >= 4 is 11.7 Å². The Hall–Kier alpha value is -3.41. The second kappa shape index (κ2) is 9.87. The number of Topliss-reactive ketones (excluding diaryl/α,β-unsaturated/α-hetero) is 1. The van der Waals surface area contributed by atoms with Crippen LogP contribution < -0.4 is 0 Å². The molecular formula is C24H24FN3O2. The zero-order valence-electron chi connectivity index (χ0n) is 17.1. The smallest absolute Gasteiger partial charge is 0.222 e. The molecule has 0 atom stereocenters. The van der Waals surface area contributed by atoms with Crippen molar-refractivity contribution in [3.8, 4) is 11.3 Å². The summed E-state index contributed by atoms with van der Waals surface area (Å²) in [6, 6.07) is 14.4. The topological polar surface area (TPSA) is 63.2 Å². The highest BCUT2D eigenvalue weighted by Gasteiger charge is 2.09. The minimum atomic E-state index is -0.528. The number of ketones is 1. The van der Waals surface area contributed by atoms with E-state index in [-0.39, 0.29) is 11.7 Å². The van der Waals surface area contributed by atoms with Gasteiger partial charge in [-0.25, -0.2) is 4.98 Å². The highest BCUT2D eigenvalue weighted by Crippen LogP contribution is 2.19. The van der Waals surface area contributed by atoms with Gasteiger partial charge in [0.15, 0.2) is 5.78 Å². The maximum absolute atomic E-state index is 12.9. The molecule has 0 bridgehead atoms. The first-order valence-electron chi connectivity index (χ1n) is 9.89. The van der Waals surface area contributed by atoms with E-state index in [0.717, 1.165) is 22.4 Å². The summed E-state index contributed by atoms with van der Waals surface area (Å²) in [5.41, 5.74) is 4.13. The number of carbonyl (C=O) groups excluding carboxylic acids is 2. The van der Waals surface area contributed by atoms with Crippen molar-refractivity contribution in [2.24, 2.45) is 0 Å². The maximum atomic E-state index is 12.9. The summed E-state index contributed by atoms with van der Waals surface area (Å²) in [5.74, 6) is -0.437. The normalized spacial score (nSPS) is 10.6. The van der Waals surface area contributed by atoms with Gasteiger partial charge in [0, 0.05) is 50.0 Å². The Labute approximate surface area is 175 Å². The van der Waals surface area contributed by atoms with Crippen LogP contribution in [0, 0.1) is 5.95 Å². The Balaban J connectivity index is 1.60. The van der Waals surface area contributed by atoms with Crippen LogP contribution in [0.4, 0.5) is 4.39 Å². The minimum absolute atomic E-state index is 0.0163. The zero-order chi connectivity index (χ0) is 21.5. The van der Waals surface area contributed by atoms with E-state index in [1.165, 1.54) is 12.3 Å². The molecule has 1 aromatic carbocycles. The zero-order valence-corrected chi connectivity index (χ0v) is 17.1. The highest BCUT2D eigenvalue weighted by molar-refractivity contribution is 5.96. The SMILES string of the molecule is CCC(=O)N(C)Cc1ccc(-c2ccc(C(=O)CCc3ccc(F)nc3)cn2)cc1. The molecule has 0 spiro atoms. The van der Waals surface area contributed by atoms with Crippen molar-refractivity contribution in [2.75, 3.05) is 7.05 Å². The molecule has 0 unspecified atom stereocenters. The van der Waals surface area contributed by atoms with Gasteiger partial charge in [0.1, 0.15) is 0 Å². The molecule has 2 aromatic heterocycles. The van der Waals surface area contributed by atoms with E-state index < -0.39 is 5.95 Å². The second-order valence-electron chi connectivity index (χ2n) is 7.14. The summed E-state index contributed by atoms with van der Waals surface area (Å²) in [6.07, 6.45) is 4.34. The molecule has 3 aromatic rings. The number of hydrogen-bond donors (Lipinski definition) is 0. The molecular weight excluding hydrogens is 381 g/mol. The molecule has 154 valence electrons. The Bertz CT molecular complexity index is 1000. The van der Waals surface area contributed by atoms with Crippen LogP contribution in [0.1, 0.15) is 41.3 Å². The summed E-state index contributed by atoms with van der Waals surface area (Å²) in [7, 11) is 1.80. The van der Waals surface area contributed by atoms with E-state index >= 15 is 0 Å². The molecule has 0 saturated heterocycles. The first-order chi connectivity index (χ1) is 14.5. The Morgan fingerprint density at radius 3 is 2.27 bits per heavy atom. The summed E-state index contributed by atoms with van der Waals surface area (Å²) in [4.78, 5) is 33.8. The number of aryl methyl sites for hydroxylation is 1. The van der Waals surface area contributed by atoms with Crippen LogP contribution in [-0.2, 0) is 17.8 Å². The average molecular weight is 405 g/mol. The Kier molecular flexibility index (Phi) is 7.01. The van der Waals surface area contributed by atoms with Crippen molar-refractivity contribution in [3.05, 3.63) is 83.6 Å². The lowest BCUT2D eigenvalue weighted by Gasteiger charge is -2.16. The fourth-order valence-electron chi connectivity index (χ4n) is 3.10. The largest absolute Gasteiger partial charge is 0.341 e. The van der Waals surface area contributed by atoms with Gasteiger partial charge >= 0.3 is 0 Å². The third-order valence-electron chi connectivity index (χ3n) is 4.91. The fraction of sp³-hybridized carbons (Fsp3) is 0.250. The van der Waals surface area contributed by atoms with Crippen LogP contribution in [-0.4, -0.2) is 33.6 Å². The summed E-state index contributed by atoms with van der Waals surface area (Å²) in [5, 5.41) is 0. The van der Waals surface area contributed by atoms with Gasteiger partial charge in [-0.3, -0.25) is 14.6 Å². The number of carbonyl (C=O) groups is 2. The molecule has 0 aliphatic carbocycles. The highest BCUT2D eigenvalue weighted by atomic mass is 19.1. The van der Waals surface area contributed by atoms with Gasteiger partial charge in [-0.2, -0.15) is 4.39 Å². The van der Waals surface area contributed by atoms with Crippen molar-refractivity contribution in [1.29, 1.82) is 0 Å². The van der Waals surface area contributed by atoms with Crippen molar-refractivity contribution < 1.29 is 14.0 Å². The minimum Gasteiger partial charge on any atom is -0.341 e. The van der Waals surface area contributed by atoms with E-state index in [9.17, 15) is 14.0 Å². The molecule has 30 heavy (non-hydrogen) atoms. The molecule has 0 N–H and O–H groups in total. The molecule has 0 radical (unpaired) electrons. The summed E-state index contributed by atoms with van der Waals surface area (Å²) in [6.45, 7) is 2.42. The molecule has 6 heteroatoms. The molecule has 1 amide bonds. The van der Waals surface area contributed by atoms with Crippen molar-refractivity contribution in [3.63, 3.8) is 0 Å². The first kappa shape index (κ1) is 21.3. The first-order valence-corrected chi connectivity index (χ1v) is 9.89. The predicted molar refractivity (Wildman–Crippen MR) is 113 cm³/mol. The number of rotatable bonds is 8. The number of hydrogen-bond acceptors (Lipinski definition) is 4. The van der Waals surface area contributed by atoms with Crippen LogP contribution >= 0.6 is 0 Å². The second-order valence-corrected chi connectivity index (χ2v) is 7.14. The van der Waals surface area contributed by atoms with Crippen molar-refractivity contribution in [1.82, 2.24) is 14.9 Å². The van der Waals surface area contributed by atoms with E-state index in [2.05, 4.69) is 9.97 Å². The molecule has 0 aliphatic rings. The van der Waals surface area contributed by atoms with Gasteiger partial charge in [-0.05, 0) is 35.7 Å². The fourth-order valence-corrected chi connectivity index (χ4v) is 3.10. The number of benzene rings is 1. The average Bonchev–Trinajstić information content (AvgIpc) is 2.78. The standard InChI is InChI=1S/C24H24FN3O2/c1-3-24(30)28(2)16-18-4-8-19(9-5-18)21-11-10-20(15-26-21)22(29)12-6-17-7-13-23(25)27-14-17/h4-5,7-11,13-15H,3,6,12,16H2,1-2H3. The monoisotopic (exact) mass is 405 g/mol. The van der Waals surface area contributed by atoms with E-state index in [1.54, 1.807) is 30.3 Å². The van der Waals surface area contributed by atoms with Gasteiger partial charge in [-0.1, -0.05) is 37.3 Å². The Morgan fingerprint density at radius 1 is 0.933 bits per heavy atom. The lowest BCUT2D eigenvalue weighted by Crippen LogP contribution is -2.25. The van der Waals surface area contributed by atoms with Gasteiger partial charge in [0.25, 0.3) is 0 Å². The molecule has 5 nitrogen and oxygen atoms in total. The predicted octanol–water partition coefficient (Wildman–Crippen LogP) is 4.47. The molecule has 0 aliphatic heterocycles. The van der Waals surface area contributed by atoms with Crippen LogP contribution in [0.3, 0.4) is 0 Å². The van der Waals surface area contributed by atoms with Crippen LogP contribution in [0.5, 0.6) is 0 Å². The van der Waals surface area contributed by atoms with Gasteiger partial charge in [0.05, 0.1) is 5.69 Å². The summed E-state index contributed by atoms with van der Waals surface area (Å²) < 4.78 is 12.9. The summed E-state index contributed by atoms with van der Waals surface area (Å²) >= 11 is 0. The van der Waals surface area contributed by atoms with Crippen LogP contribution in [0.15, 0.2) is 60.9 Å². The van der Waals surface area contributed by atoms with E-state index in [1.807, 2.05) is 37.3 Å². The molecule has 3 rings (SSSR count). The van der Waals surface area contributed by atoms with E-state index in [4.69, 9.17) is 0 Å². The van der Waals surface area contributed by atoms with Gasteiger partial charge in [-0.15, -0.1) is 0 Å². The Morgan fingerprint density at radius 2 is 1.67 bits per heavy atom. The van der Waals surface area contributed by atoms with Gasteiger partial charge < -0.3 is 4.90 Å². The number of pyridine rings is 2. The molecule has 0 saturated carbocycles. The third-order valence-corrected chi connectivity index (χ3v) is 4.91. The maximum Gasteiger partial charge on any atom is 0.222 e. The molecule has 2 heterocycles. The third kappa shape index (κ3) is 5.56. The lowest BCUT2D eigenvalue weighted by molar-refractivity contribution is -0.130. The lowest BCUT2D eigenvalue weighted by atomic mass is 10.0. The molecule has 0 fully saturated rings. The van der Waals surface area contributed by atoms with Crippen LogP contribution in [0.2, 0.25) is 0 Å². The number of halogens is 1. The number of nitrogens with zero attached hydrogens (tertiary/aromatic N) is 3. The number of amides is 1. The van der Waals surface area contributed by atoms with E-state index in [0.29, 0.717) is 31.4 Å². The van der Waals surface area contributed by atoms with Crippen molar-refractivity contribution in [2.45, 2.75) is 32.7 Å².